The minimum Gasteiger partial charge on any atom is -0.494 e. The lowest BCUT2D eigenvalue weighted by molar-refractivity contribution is -0.119. The SMILES string of the molecule is CCOc1ccc(Nc2ncccc2C(=O)OCC(=O)Nc2sccc2C(N)=O)cc1. The summed E-state index contributed by atoms with van der Waals surface area (Å²) in [6, 6.07) is 11.8. The highest BCUT2D eigenvalue weighted by Crippen LogP contribution is 2.23. The number of esters is 1. The number of anilines is 3. The van der Waals surface area contributed by atoms with Crippen molar-refractivity contribution < 1.29 is 23.9 Å². The van der Waals surface area contributed by atoms with Gasteiger partial charge in [0.05, 0.1) is 12.2 Å². The summed E-state index contributed by atoms with van der Waals surface area (Å²) in [4.78, 5) is 40.1. The van der Waals surface area contributed by atoms with Crippen molar-refractivity contribution in [1.82, 2.24) is 4.98 Å². The Morgan fingerprint density at radius 2 is 1.87 bits per heavy atom. The van der Waals surface area contributed by atoms with Crippen LogP contribution in [0.2, 0.25) is 0 Å². The van der Waals surface area contributed by atoms with Crippen molar-refractivity contribution in [3.05, 3.63) is 65.2 Å². The number of hydrogen-bond donors (Lipinski definition) is 3. The molecule has 0 saturated heterocycles. The van der Waals surface area contributed by atoms with Crippen LogP contribution in [0.3, 0.4) is 0 Å². The first-order valence-corrected chi connectivity index (χ1v) is 10.1. The van der Waals surface area contributed by atoms with Gasteiger partial charge in [0.25, 0.3) is 11.8 Å². The van der Waals surface area contributed by atoms with Crippen molar-refractivity contribution in [2.45, 2.75) is 6.92 Å². The van der Waals surface area contributed by atoms with E-state index in [4.69, 9.17) is 15.2 Å². The molecule has 160 valence electrons. The third-order valence-corrected chi connectivity index (χ3v) is 4.80. The Labute approximate surface area is 182 Å². The molecule has 2 aromatic heterocycles. The predicted octanol–water partition coefficient (Wildman–Crippen LogP) is 3.18. The highest BCUT2D eigenvalue weighted by Gasteiger charge is 2.17. The lowest BCUT2D eigenvalue weighted by Gasteiger charge is -2.11. The maximum atomic E-state index is 12.5. The average Bonchev–Trinajstić information content (AvgIpc) is 3.22. The number of hydrogen-bond acceptors (Lipinski definition) is 8. The predicted molar refractivity (Wildman–Crippen MR) is 117 cm³/mol. The molecule has 3 rings (SSSR count). The van der Waals surface area contributed by atoms with E-state index in [1.807, 2.05) is 6.92 Å². The number of amides is 2. The van der Waals surface area contributed by atoms with Crippen molar-refractivity contribution in [3.8, 4) is 5.75 Å². The average molecular weight is 440 g/mol. The monoisotopic (exact) mass is 440 g/mol. The lowest BCUT2D eigenvalue weighted by atomic mass is 10.2. The van der Waals surface area contributed by atoms with Crippen LogP contribution in [0, 0.1) is 0 Å². The largest absolute Gasteiger partial charge is 0.494 e. The summed E-state index contributed by atoms with van der Waals surface area (Å²) in [5.74, 6) is -0.966. The molecule has 4 N–H and O–H groups in total. The van der Waals surface area contributed by atoms with Crippen molar-refractivity contribution >= 4 is 45.6 Å². The number of ether oxygens (including phenoxy) is 2. The van der Waals surface area contributed by atoms with E-state index < -0.39 is 24.4 Å². The standard InChI is InChI=1S/C21H20N4O5S/c1-2-29-14-7-5-13(6-8-14)24-19-16(4-3-10-23-19)21(28)30-12-17(26)25-20-15(18(22)27)9-11-31-20/h3-11H,2,12H2,1H3,(H2,22,27)(H,23,24)(H,25,26). The molecule has 0 unspecified atom stereocenters. The van der Waals surface area contributed by atoms with Crippen LogP contribution in [-0.4, -0.2) is 36.0 Å². The van der Waals surface area contributed by atoms with Crippen LogP contribution in [0.1, 0.15) is 27.6 Å². The Morgan fingerprint density at radius 1 is 1.10 bits per heavy atom. The number of rotatable bonds is 9. The van der Waals surface area contributed by atoms with Crippen LogP contribution < -0.4 is 21.1 Å². The smallest absolute Gasteiger partial charge is 0.342 e. The number of aromatic nitrogens is 1. The molecule has 3 aromatic rings. The molecule has 2 amide bonds. The Balaban J connectivity index is 1.62. The zero-order chi connectivity index (χ0) is 22.2. The van der Waals surface area contributed by atoms with Gasteiger partial charge >= 0.3 is 5.97 Å². The molecule has 0 spiro atoms. The van der Waals surface area contributed by atoms with E-state index in [1.54, 1.807) is 35.7 Å². The molecule has 10 heteroatoms. The second kappa shape index (κ2) is 10.2. The van der Waals surface area contributed by atoms with Crippen molar-refractivity contribution in [3.63, 3.8) is 0 Å². The number of carbonyl (C=O) groups is 3. The maximum absolute atomic E-state index is 12.5. The van der Waals surface area contributed by atoms with Gasteiger partial charge in [0.15, 0.2) is 6.61 Å². The van der Waals surface area contributed by atoms with Crippen LogP contribution in [0.5, 0.6) is 5.75 Å². The molecule has 31 heavy (non-hydrogen) atoms. The maximum Gasteiger partial charge on any atom is 0.342 e. The van der Waals surface area contributed by atoms with Gasteiger partial charge in [-0.05, 0) is 54.8 Å². The fraction of sp³-hybridized carbons (Fsp3) is 0.143. The lowest BCUT2D eigenvalue weighted by Crippen LogP contribution is -2.22. The van der Waals surface area contributed by atoms with Crippen LogP contribution >= 0.6 is 11.3 Å². The molecule has 0 atom stereocenters. The van der Waals surface area contributed by atoms with Gasteiger partial charge in [-0.15, -0.1) is 11.3 Å². The van der Waals surface area contributed by atoms with Crippen LogP contribution in [0.4, 0.5) is 16.5 Å². The number of benzene rings is 1. The molecule has 0 radical (unpaired) electrons. The van der Waals surface area contributed by atoms with Gasteiger partial charge in [0.2, 0.25) is 0 Å². The molecular weight excluding hydrogens is 420 g/mol. The fourth-order valence-electron chi connectivity index (χ4n) is 2.58. The van der Waals surface area contributed by atoms with E-state index in [1.165, 1.54) is 18.3 Å². The van der Waals surface area contributed by atoms with Gasteiger partial charge in [0.1, 0.15) is 22.1 Å². The van der Waals surface area contributed by atoms with Crippen molar-refractivity contribution in [2.75, 3.05) is 23.8 Å². The number of pyridine rings is 1. The molecule has 0 aliphatic heterocycles. The van der Waals surface area contributed by atoms with E-state index in [0.717, 1.165) is 17.1 Å². The molecule has 9 nitrogen and oxygen atoms in total. The van der Waals surface area contributed by atoms with Crippen LogP contribution in [-0.2, 0) is 9.53 Å². The third kappa shape index (κ3) is 5.80. The Morgan fingerprint density at radius 3 is 2.58 bits per heavy atom. The highest BCUT2D eigenvalue weighted by atomic mass is 32.1. The summed E-state index contributed by atoms with van der Waals surface area (Å²) in [6.07, 6.45) is 1.53. The topological polar surface area (TPSA) is 133 Å². The fourth-order valence-corrected chi connectivity index (χ4v) is 3.39. The summed E-state index contributed by atoms with van der Waals surface area (Å²) in [6.45, 7) is 1.93. The van der Waals surface area contributed by atoms with Gasteiger partial charge in [-0.1, -0.05) is 0 Å². The van der Waals surface area contributed by atoms with Gasteiger partial charge in [-0.3, -0.25) is 9.59 Å². The van der Waals surface area contributed by atoms with E-state index in [9.17, 15) is 14.4 Å². The summed E-state index contributed by atoms with van der Waals surface area (Å²) in [5, 5.41) is 7.48. The van der Waals surface area contributed by atoms with Crippen LogP contribution in [0.25, 0.3) is 0 Å². The number of primary amides is 1. The van der Waals surface area contributed by atoms with Crippen molar-refractivity contribution in [1.29, 1.82) is 0 Å². The third-order valence-electron chi connectivity index (χ3n) is 3.97. The normalized spacial score (nSPS) is 10.2. The van der Waals surface area contributed by atoms with Gasteiger partial charge in [0, 0.05) is 11.9 Å². The minimum absolute atomic E-state index is 0.165. The van der Waals surface area contributed by atoms with Gasteiger partial charge in [-0.25, -0.2) is 9.78 Å². The molecule has 0 fully saturated rings. The van der Waals surface area contributed by atoms with Crippen LogP contribution in [0.15, 0.2) is 54.0 Å². The quantitative estimate of drug-likeness (QED) is 0.435. The summed E-state index contributed by atoms with van der Waals surface area (Å²) in [5.41, 5.74) is 6.30. The molecule has 0 aliphatic carbocycles. The summed E-state index contributed by atoms with van der Waals surface area (Å²) in [7, 11) is 0. The van der Waals surface area contributed by atoms with E-state index in [0.29, 0.717) is 17.3 Å². The van der Waals surface area contributed by atoms with E-state index in [2.05, 4.69) is 15.6 Å². The molecule has 0 saturated carbocycles. The molecule has 0 aliphatic rings. The molecule has 0 bridgehead atoms. The molecule has 2 heterocycles. The minimum atomic E-state index is -0.724. The number of thiophene rings is 1. The number of carbonyl (C=O) groups excluding carboxylic acids is 3. The van der Waals surface area contributed by atoms with Gasteiger partial charge < -0.3 is 25.8 Å². The zero-order valence-corrected chi connectivity index (χ0v) is 17.4. The number of nitrogens with one attached hydrogen (secondary N) is 2. The number of nitrogens with two attached hydrogens (primary N) is 1. The summed E-state index contributed by atoms with van der Waals surface area (Å²) >= 11 is 1.14. The first kappa shape index (κ1) is 21.8. The first-order valence-electron chi connectivity index (χ1n) is 9.27. The zero-order valence-electron chi connectivity index (χ0n) is 16.6. The highest BCUT2D eigenvalue weighted by molar-refractivity contribution is 7.14. The van der Waals surface area contributed by atoms with E-state index in [-0.39, 0.29) is 16.9 Å². The number of nitrogens with zero attached hydrogens (tertiary/aromatic N) is 1. The van der Waals surface area contributed by atoms with Gasteiger partial charge in [-0.2, -0.15) is 0 Å². The Bertz CT molecular complexity index is 1080. The Hall–Kier alpha value is -3.92. The molecule has 1 aromatic carbocycles. The van der Waals surface area contributed by atoms with E-state index >= 15 is 0 Å². The Kier molecular flexibility index (Phi) is 7.17. The van der Waals surface area contributed by atoms with Crippen molar-refractivity contribution in [2.24, 2.45) is 5.73 Å². The second-order valence-electron chi connectivity index (χ2n) is 6.13. The first-order chi connectivity index (χ1) is 15.0. The second-order valence-corrected chi connectivity index (χ2v) is 7.05. The summed E-state index contributed by atoms with van der Waals surface area (Å²) < 4.78 is 10.5. The molecular formula is C21H20N4O5S.